The van der Waals surface area contributed by atoms with Crippen LogP contribution in [0.15, 0.2) is 36.0 Å². The average molecular weight is 328 g/mol. The van der Waals surface area contributed by atoms with Crippen LogP contribution in [0.3, 0.4) is 0 Å². The number of likely N-dealkylation sites (N-methyl/N-ethyl adjacent to an activating group) is 1. The minimum atomic E-state index is -0.434. The standard InChI is InChI=1S/C14H15Cl2N3O2/c1-3-6-21-14(20)19(2)12-8-17-18-13(12)9-4-5-10(15)11(16)7-9/h3-5,7,12,17H,1,6,8H2,2H3. The number of benzene rings is 1. The number of rotatable bonds is 4. The van der Waals surface area contributed by atoms with Gasteiger partial charge < -0.3 is 15.1 Å². The van der Waals surface area contributed by atoms with Gasteiger partial charge in [-0.15, -0.1) is 0 Å². The smallest absolute Gasteiger partial charge is 0.410 e. The van der Waals surface area contributed by atoms with E-state index in [-0.39, 0.29) is 12.6 Å². The number of carbonyl (C=O) groups is 1. The third kappa shape index (κ3) is 3.49. The molecule has 112 valence electrons. The van der Waals surface area contributed by atoms with Gasteiger partial charge in [0.1, 0.15) is 6.61 Å². The summed E-state index contributed by atoms with van der Waals surface area (Å²) in [4.78, 5) is 13.4. The fourth-order valence-electron chi connectivity index (χ4n) is 1.98. The highest BCUT2D eigenvalue weighted by Crippen LogP contribution is 2.24. The molecule has 0 aromatic heterocycles. The van der Waals surface area contributed by atoms with E-state index in [1.165, 1.54) is 11.0 Å². The number of hydrogen-bond acceptors (Lipinski definition) is 4. The zero-order chi connectivity index (χ0) is 15.4. The molecule has 1 aromatic carbocycles. The Labute approximate surface area is 133 Å². The van der Waals surface area contributed by atoms with E-state index in [1.807, 2.05) is 6.07 Å². The highest BCUT2D eigenvalue weighted by atomic mass is 35.5. The Hall–Kier alpha value is -1.72. The quantitative estimate of drug-likeness (QED) is 0.865. The van der Waals surface area contributed by atoms with Crippen LogP contribution in [0.25, 0.3) is 0 Å². The van der Waals surface area contributed by atoms with Crippen molar-refractivity contribution in [3.63, 3.8) is 0 Å². The molecule has 1 aliphatic heterocycles. The number of nitrogens with zero attached hydrogens (tertiary/aromatic N) is 2. The van der Waals surface area contributed by atoms with Crippen LogP contribution >= 0.6 is 23.2 Å². The fraction of sp³-hybridized carbons (Fsp3) is 0.286. The summed E-state index contributed by atoms with van der Waals surface area (Å²) in [5.41, 5.74) is 4.41. The normalized spacial score (nSPS) is 16.9. The van der Waals surface area contributed by atoms with Crippen molar-refractivity contribution in [2.45, 2.75) is 6.04 Å². The summed E-state index contributed by atoms with van der Waals surface area (Å²) in [6.07, 6.45) is 1.09. The molecule has 21 heavy (non-hydrogen) atoms. The first-order chi connectivity index (χ1) is 10.0. The van der Waals surface area contributed by atoms with Gasteiger partial charge in [0.05, 0.1) is 28.3 Å². The number of halogens is 2. The van der Waals surface area contributed by atoms with Gasteiger partial charge in [0.25, 0.3) is 0 Å². The third-order valence-electron chi connectivity index (χ3n) is 3.10. The topological polar surface area (TPSA) is 53.9 Å². The number of ether oxygens (including phenoxy) is 1. The van der Waals surface area contributed by atoms with Crippen LogP contribution in [0.4, 0.5) is 4.79 Å². The second kappa shape index (κ2) is 6.83. The summed E-state index contributed by atoms with van der Waals surface area (Å²) in [5.74, 6) is 0. The van der Waals surface area contributed by atoms with Crippen molar-refractivity contribution in [2.75, 3.05) is 20.2 Å². The summed E-state index contributed by atoms with van der Waals surface area (Å²) in [7, 11) is 1.66. The number of hydrazone groups is 1. The predicted octanol–water partition coefficient (Wildman–Crippen LogP) is 2.92. The molecule has 0 radical (unpaired) electrons. The first-order valence-electron chi connectivity index (χ1n) is 6.31. The summed E-state index contributed by atoms with van der Waals surface area (Å²) in [6, 6.07) is 5.01. The van der Waals surface area contributed by atoms with Crippen molar-refractivity contribution >= 4 is 35.0 Å². The maximum Gasteiger partial charge on any atom is 0.410 e. The van der Waals surface area contributed by atoms with Crippen molar-refractivity contribution in [2.24, 2.45) is 5.10 Å². The second-order valence-corrected chi connectivity index (χ2v) is 5.29. The van der Waals surface area contributed by atoms with Crippen LogP contribution < -0.4 is 5.43 Å². The number of amides is 1. The average Bonchev–Trinajstić information content (AvgIpc) is 2.96. The minimum absolute atomic E-state index is 0.169. The monoisotopic (exact) mass is 327 g/mol. The molecule has 5 nitrogen and oxygen atoms in total. The molecular weight excluding hydrogens is 313 g/mol. The summed E-state index contributed by atoms with van der Waals surface area (Å²) in [5, 5.41) is 5.16. The van der Waals surface area contributed by atoms with E-state index in [0.29, 0.717) is 22.3 Å². The Balaban J connectivity index is 2.17. The number of carbonyl (C=O) groups excluding carboxylic acids is 1. The fourth-order valence-corrected chi connectivity index (χ4v) is 2.28. The van der Waals surface area contributed by atoms with Crippen molar-refractivity contribution in [3.05, 3.63) is 46.5 Å². The lowest BCUT2D eigenvalue weighted by atomic mass is 10.0. The lowest BCUT2D eigenvalue weighted by molar-refractivity contribution is 0.117. The van der Waals surface area contributed by atoms with Gasteiger partial charge in [0, 0.05) is 12.6 Å². The molecule has 0 saturated carbocycles. The van der Waals surface area contributed by atoms with E-state index >= 15 is 0 Å². The largest absolute Gasteiger partial charge is 0.445 e. The summed E-state index contributed by atoms with van der Waals surface area (Å²) in [6.45, 7) is 4.19. The van der Waals surface area contributed by atoms with Gasteiger partial charge in [0.15, 0.2) is 0 Å². The molecule has 1 atom stereocenters. The van der Waals surface area contributed by atoms with Crippen molar-refractivity contribution < 1.29 is 9.53 Å². The van der Waals surface area contributed by atoms with Crippen LogP contribution in [0.2, 0.25) is 10.0 Å². The number of nitrogens with one attached hydrogen (secondary N) is 1. The molecule has 0 bridgehead atoms. The SMILES string of the molecule is C=CCOC(=O)N(C)C1CNN=C1c1ccc(Cl)c(Cl)c1. The second-order valence-electron chi connectivity index (χ2n) is 4.48. The highest BCUT2D eigenvalue weighted by molar-refractivity contribution is 6.42. The lowest BCUT2D eigenvalue weighted by Crippen LogP contribution is -2.44. The Morgan fingerprint density at radius 1 is 1.57 bits per heavy atom. The molecule has 1 aliphatic rings. The highest BCUT2D eigenvalue weighted by Gasteiger charge is 2.30. The van der Waals surface area contributed by atoms with Crippen LogP contribution in [0, 0.1) is 0 Å². The minimum Gasteiger partial charge on any atom is -0.445 e. The molecule has 2 rings (SSSR count). The third-order valence-corrected chi connectivity index (χ3v) is 3.83. The van der Waals surface area contributed by atoms with E-state index in [4.69, 9.17) is 27.9 Å². The molecule has 1 unspecified atom stereocenters. The van der Waals surface area contributed by atoms with Crippen molar-refractivity contribution in [1.29, 1.82) is 0 Å². The molecule has 0 spiro atoms. The zero-order valence-electron chi connectivity index (χ0n) is 11.5. The Kier molecular flexibility index (Phi) is 5.09. The van der Waals surface area contributed by atoms with Crippen molar-refractivity contribution in [1.82, 2.24) is 10.3 Å². The Bertz CT molecular complexity index is 590. The summed E-state index contributed by atoms with van der Waals surface area (Å²) < 4.78 is 5.03. The first-order valence-corrected chi connectivity index (χ1v) is 7.06. The summed E-state index contributed by atoms with van der Waals surface area (Å²) >= 11 is 11.9. The molecule has 0 saturated heterocycles. The van der Waals surface area contributed by atoms with Gasteiger partial charge in [-0.3, -0.25) is 0 Å². The molecular formula is C14H15Cl2N3O2. The Morgan fingerprint density at radius 2 is 2.33 bits per heavy atom. The lowest BCUT2D eigenvalue weighted by Gasteiger charge is -2.24. The molecule has 7 heteroatoms. The van der Waals surface area contributed by atoms with Gasteiger partial charge in [-0.05, 0) is 12.1 Å². The molecule has 0 fully saturated rings. The van der Waals surface area contributed by atoms with Crippen LogP contribution in [-0.4, -0.2) is 42.9 Å². The van der Waals surface area contributed by atoms with E-state index in [1.54, 1.807) is 19.2 Å². The van der Waals surface area contributed by atoms with Crippen LogP contribution in [0.1, 0.15) is 5.56 Å². The van der Waals surface area contributed by atoms with Gasteiger partial charge in [-0.2, -0.15) is 5.10 Å². The number of hydrogen-bond donors (Lipinski definition) is 1. The van der Waals surface area contributed by atoms with E-state index in [2.05, 4.69) is 17.1 Å². The molecule has 1 aromatic rings. The molecule has 0 aliphatic carbocycles. The van der Waals surface area contributed by atoms with Gasteiger partial charge in [0.2, 0.25) is 0 Å². The van der Waals surface area contributed by atoms with Gasteiger partial charge in [-0.25, -0.2) is 4.79 Å². The van der Waals surface area contributed by atoms with Crippen molar-refractivity contribution in [3.8, 4) is 0 Å². The molecule has 1 amide bonds. The zero-order valence-corrected chi connectivity index (χ0v) is 13.0. The molecule has 1 heterocycles. The predicted molar refractivity (Wildman–Crippen MR) is 84.1 cm³/mol. The van der Waals surface area contributed by atoms with E-state index in [0.717, 1.165) is 5.56 Å². The van der Waals surface area contributed by atoms with E-state index < -0.39 is 6.09 Å². The first kappa shape index (κ1) is 15.7. The van der Waals surface area contributed by atoms with Crippen LogP contribution in [-0.2, 0) is 4.74 Å². The van der Waals surface area contributed by atoms with E-state index in [9.17, 15) is 4.79 Å². The Morgan fingerprint density at radius 3 is 3.00 bits per heavy atom. The van der Waals surface area contributed by atoms with Gasteiger partial charge in [-0.1, -0.05) is 41.9 Å². The molecule has 1 N–H and O–H groups in total. The maximum atomic E-state index is 11.9. The maximum absolute atomic E-state index is 11.9. The van der Waals surface area contributed by atoms with Gasteiger partial charge >= 0.3 is 6.09 Å². The van der Waals surface area contributed by atoms with Crippen LogP contribution in [0.5, 0.6) is 0 Å².